The lowest BCUT2D eigenvalue weighted by Gasteiger charge is -2.24. The summed E-state index contributed by atoms with van der Waals surface area (Å²) in [4.78, 5) is -0.953. The molecule has 0 fully saturated rings. The van der Waals surface area contributed by atoms with Crippen LogP contribution in [0.2, 0.25) is 0 Å². The Hall–Kier alpha value is -0.450. The van der Waals surface area contributed by atoms with Crippen LogP contribution >= 0.6 is 23.2 Å². The monoisotopic (exact) mass is 187 g/mol. The SMILES string of the molecule is CC1C(Cl)=CC=CC1(Cl)C#N. The Morgan fingerprint density at radius 1 is 1.73 bits per heavy atom. The number of rotatable bonds is 0. The quantitative estimate of drug-likeness (QED) is 0.536. The molecule has 58 valence electrons. The number of hydrogen-bond acceptors (Lipinski definition) is 1. The molecule has 0 aromatic carbocycles. The first-order valence-corrected chi connectivity index (χ1v) is 4.01. The second kappa shape index (κ2) is 2.89. The normalized spacial score (nSPS) is 36.2. The molecule has 1 rings (SSSR count). The number of hydrogen-bond donors (Lipinski definition) is 0. The third kappa shape index (κ3) is 1.42. The summed E-state index contributed by atoms with van der Waals surface area (Å²) >= 11 is 11.7. The van der Waals surface area contributed by atoms with E-state index in [1.165, 1.54) is 0 Å². The summed E-state index contributed by atoms with van der Waals surface area (Å²) < 4.78 is 0. The number of halogens is 2. The highest BCUT2D eigenvalue weighted by Gasteiger charge is 2.34. The Balaban J connectivity index is 3.00. The fourth-order valence-corrected chi connectivity index (χ4v) is 1.39. The van der Waals surface area contributed by atoms with E-state index in [0.717, 1.165) is 0 Å². The molecule has 0 aromatic rings. The summed E-state index contributed by atoms with van der Waals surface area (Å²) in [6, 6.07) is 2.01. The van der Waals surface area contributed by atoms with E-state index in [4.69, 9.17) is 28.5 Å². The first-order chi connectivity index (χ1) is 5.10. The van der Waals surface area contributed by atoms with Crippen LogP contribution in [0.25, 0.3) is 0 Å². The molecule has 1 aliphatic rings. The van der Waals surface area contributed by atoms with E-state index in [1.807, 2.05) is 13.0 Å². The topological polar surface area (TPSA) is 23.8 Å². The molecule has 0 saturated heterocycles. The molecule has 0 heterocycles. The number of nitrogens with zero attached hydrogens (tertiary/aromatic N) is 1. The summed E-state index contributed by atoms with van der Waals surface area (Å²) in [5.41, 5.74) is 0. The maximum atomic E-state index is 8.72. The van der Waals surface area contributed by atoms with E-state index in [2.05, 4.69) is 0 Å². The Morgan fingerprint density at radius 2 is 2.36 bits per heavy atom. The lowest BCUT2D eigenvalue weighted by Crippen LogP contribution is -2.27. The zero-order valence-corrected chi connectivity index (χ0v) is 7.52. The zero-order chi connectivity index (χ0) is 8.48. The second-order valence-electron chi connectivity index (χ2n) is 2.51. The van der Waals surface area contributed by atoms with Crippen LogP contribution in [-0.2, 0) is 0 Å². The molecular weight excluding hydrogens is 181 g/mol. The molecule has 3 heteroatoms. The molecule has 0 amide bonds. The van der Waals surface area contributed by atoms with Gasteiger partial charge in [0, 0.05) is 11.0 Å². The fraction of sp³-hybridized carbons (Fsp3) is 0.375. The van der Waals surface area contributed by atoms with Gasteiger partial charge in [-0.1, -0.05) is 36.2 Å². The average molecular weight is 188 g/mol. The van der Waals surface area contributed by atoms with Gasteiger partial charge in [0.1, 0.15) is 0 Å². The molecule has 0 N–H and O–H groups in total. The van der Waals surface area contributed by atoms with Crippen LogP contribution in [0, 0.1) is 17.2 Å². The van der Waals surface area contributed by atoms with Gasteiger partial charge in [-0.15, -0.1) is 0 Å². The summed E-state index contributed by atoms with van der Waals surface area (Å²) in [5.74, 6) is -0.124. The molecular formula is C8H7Cl2N. The second-order valence-corrected chi connectivity index (χ2v) is 3.57. The maximum Gasteiger partial charge on any atom is 0.156 e. The summed E-state index contributed by atoms with van der Waals surface area (Å²) in [7, 11) is 0. The van der Waals surface area contributed by atoms with E-state index in [1.54, 1.807) is 18.2 Å². The minimum Gasteiger partial charge on any atom is -0.196 e. The van der Waals surface area contributed by atoms with Crippen molar-refractivity contribution < 1.29 is 0 Å². The lowest BCUT2D eigenvalue weighted by atomic mass is 9.90. The Labute approximate surface area is 75.9 Å². The molecule has 2 unspecified atom stereocenters. The smallest absolute Gasteiger partial charge is 0.156 e. The molecule has 0 spiro atoms. The standard InChI is InChI=1S/C8H7Cl2N/c1-6-7(9)3-2-4-8(6,10)5-11/h2-4,6H,1H3. The highest BCUT2D eigenvalue weighted by molar-refractivity contribution is 6.33. The Kier molecular flexibility index (Phi) is 2.27. The van der Waals surface area contributed by atoms with Gasteiger partial charge >= 0.3 is 0 Å². The predicted molar refractivity (Wildman–Crippen MR) is 46.4 cm³/mol. The average Bonchev–Trinajstić information content (AvgIpc) is 2.00. The lowest BCUT2D eigenvalue weighted by molar-refractivity contribution is 0.638. The van der Waals surface area contributed by atoms with Crippen LogP contribution in [0.1, 0.15) is 6.92 Å². The number of alkyl halides is 1. The Morgan fingerprint density at radius 3 is 2.82 bits per heavy atom. The van der Waals surface area contributed by atoms with Crippen molar-refractivity contribution in [3.63, 3.8) is 0 Å². The number of allylic oxidation sites excluding steroid dienone is 4. The fourth-order valence-electron chi connectivity index (χ4n) is 0.904. The van der Waals surface area contributed by atoms with Crippen LogP contribution in [0.3, 0.4) is 0 Å². The molecule has 1 nitrogen and oxygen atoms in total. The minimum absolute atomic E-state index is 0.124. The van der Waals surface area contributed by atoms with Crippen molar-refractivity contribution in [2.24, 2.45) is 5.92 Å². The van der Waals surface area contributed by atoms with Gasteiger partial charge in [-0.2, -0.15) is 5.26 Å². The van der Waals surface area contributed by atoms with Crippen molar-refractivity contribution in [2.45, 2.75) is 11.8 Å². The highest BCUT2D eigenvalue weighted by atomic mass is 35.5. The van der Waals surface area contributed by atoms with E-state index in [0.29, 0.717) is 5.03 Å². The number of nitriles is 1. The molecule has 2 atom stereocenters. The van der Waals surface area contributed by atoms with Gasteiger partial charge in [0.15, 0.2) is 4.87 Å². The van der Waals surface area contributed by atoms with Crippen molar-refractivity contribution in [1.29, 1.82) is 5.26 Å². The first kappa shape index (κ1) is 8.64. The largest absolute Gasteiger partial charge is 0.196 e. The predicted octanol–water partition coefficient (Wildman–Crippen LogP) is 2.82. The van der Waals surface area contributed by atoms with Crippen LogP contribution in [0.15, 0.2) is 23.3 Å². The summed E-state index contributed by atoms with van der Waals surface area (Å²) in [6.07, 6.45) is 5.12. The van der Waals surface area contributed by atoms with Gasteiger partial charge in [-0.3, -0.25) is 0 Å². The van der Waals surface area contributed by atoms with Crippen LogP contribution < -0.4 is 0 Å². The molecule has 0 bridgehead atoms. The zero-order valence-electron chi connectivity index (χ0n) is 6.01. The molecule has 0 saturated carbocycles. The van der Waals surface area contributed by atoms with Crippen molar-refractivity contribution >= 4 is 23.2 Å². The van der Waals surface area contributed by atoms with Crippen LogP contribution in [-0.4, -0.2) is 4.87 Å². The van der Waals surface area contributed by atoms with Gasteiger partial charge < -0.3 is 0 Å². The third-order valence-corrected chi connectivity index (χ3v) is 2.80. The molecule has 11 heavy (non-hydrogen) atoms. The van der Waals surface area contributed by atoms with Crippen molar-refractivity contribution in [3.8, 4) is 6.07 Å². The summed E-state index contributed by atoms with van der Waals surface area (Å²) in [6.45, 7) is 1.83. The summed E-state index contributed by atoms with van der Waals surface area (Å²) in [5, 5.41) is 9.35. The third-order valence-electron chi connectivity index (χ3n) is 1.81. The maximum absolute atomic E-state index is 8.72. The van der Waals surface area contributed by atoms with E-state index in [9.17, 15) is 0 Å². The highest BCUT2D eigenvalue weighted by Crippen LogP contribution is 2.36. The first-order valence-electron chi connectivity index (χ1n) is 3.25. The van der Waals surface area contributed by atoms with Crippen molar-refractivity contribution in [1.82, 2.24) is 0 Å². The van der Waals surface area contributed by atoms with Gasteiger partial charge in [0.2, 0.25) is 0 Å². The van der Waals surface area contributed by atoms with Gasteiger partial charge in [-0.25, -0.2) is 0 Å². The van der Waals surface area contributed by atoms with E-state index >= 15 is 0 Å². The van der Waals surface area contributed by atoms with Crippen molar-refractivity contribution in [3.05, 3.63) is 23.3 Å². The minimum atomic E-state index is -0.953. The Bertz CT molecular complexity index is 262. The van der Waals surface area contributed by atoms with Crippen LogP contribution in [0.5, 0.6) is 0 Å². The molecule has 0 radical (unpaired) electrons. The van der Waals surface area contributed by atoms with E-state index in [-0.39, 0.29) is 5.92 Å². The molecule has 0 aromatic heterocycles. The van der Waals surface area contributed by atoms with Gasteiger partial charge in [-0.05, 0) is 12.2 Å². The molecule has 1 aliphatic carbocycles. The van der Waals surface area contributed by atoms with E-state index < -0.39 is 4.87 Å². The van der Waals surface area contributed by atoms with Crippen LogP contribution in [0.4, 0.5) is 0 Å². The van der Waals surface area contributed by atoms with Gasteiger partial charge in [0.25, 0.3) is 0 Å². The molecule has 0 aliphatic heterocycles. The van der Waals surface area contributed by atoms with Gasteiger partial charge in [0.05, 0.1) is 6.07 Å². The van der Waals surface area contributed by atoms with Crippen molar-refractivity contribution in [2.75, 3.05) is 0 Å².